The lowest BCUT2D eigenvalue weighted by Crippen LogP contribution is -2.23. The van der Waals surface area contributed by atoms with Crippen molar-refractivity contribution >= 4 is 23.1 Å². The highest BCUT2D eigenvalue weighted by molar-refractivity contribution is 6.32. The van der Waals surface area contributed by atoms with Crippen LogP contribution in [0.25, 0.3) is 5.57 Å². The molecule has 0 atom stereocenters. The second kappa shape index (κ2) is 9.53. The van der Waals surface area contributed by atoms with Crippen LogP contribution in [0.2, 0.25) is 5.02 Å². The number of hydrogen-bond acceptors (Lipinski definition) is 3. The minimum atomic E-state index is -0.149. The number of rotatable bonds is 8. The van der Waals surface area contributed by atoms with Crippen molar-refractivity contribution < 1.29 is 14.6 Å². The van der Waals surface area contributed by atoms with Gasteiger partial charge in [-0.25, -0.2) is 0 Å². The SMILES string of the molecule is C/C(=C/C(=O)NCCCOCCO)c1ccccc1Cl. The van der Waals surface area contributed by atoms with Gasteiger partial charge in [-0.05, 0) is 30.5 Å². The number of aliphatic hydroxyl groups is 1. The van der Waals surface area contributed by atoms with Gasteiger partial charge in [0.15, 0.2) is 0 Å². The van der Waals surface area contributed by atoms with Crippen molar-refractivity contribution in [2.45, 2.75) is 13.3 Å². The number of aliphatic hydroxyl groups excluding tert-OH is 1. The second-order valence-electron chi connectivity index (χ2n) is 4.29. The van der Waals surface area contributed by atoms with E-state index in [0.717, 1.165) is 11.1 Å². The molecule has 1 aromatic carbocycles. The molecule has 0 bridgehead atoms. The highest BCUT2D eigenvalue weighted by atomic mass is 35.5. The number of carbonyl (C=O) groups is 1. The maximum absolute atomic E-state index is 11.7. The molecule has 0 spiro atoms. The molecule has 0 radical (unpaired) electrons. The topological polar surface area (TPSA) is 58.6 Å². The molecular formula is C15H20ClNO3. The summed E-state index contributed by atoms with van der Waals surface area (Å²) in [5.74, 6) is -0.149. The molecule has 0 aromatic heterocycles. The van der Waals surface area contributed by atoms with Crippen LogP contribution < -0.4 is 5.32 Å². The first-order valence-corrected chi connectivity index (χ1v) is 6.92. The number of benzene rings is 1. The van der Waals surface area contributed by atoms with Gasteiger partial charge in [0.1, 0.15) is 0 Å². The molecule has 2 N–H and O–H groups in total. The summed E-state index contributed by atoms with van der Waals surface area (Å²) >= 11 is 6.07. The Morgan fingerprint density at radius 1 is 1.40 bits per heavy atom. The number of nitrogens with one attached hydrogen (secondary N) is 1. The van der Waals surface area contributed by atoms with Crippen LogP contribution in [0, 0.1) is 0 Å². The summed E-state index contributed by atoms with van der Waals surface area (Å²) < 4.78 is 5.10. The van der Waals surface area contributed by atoms with E-state index in [0.29, 0.717) is 31.2 Å². The van der Waals surface area contributed by atoms with Crippen LogP contribution in [0.3, 0.4) is 0 Å². The van der Waals surface area contributed by atoms with Crippen LogP contribution in [0.4, 0.5) is 0 Å². The van der Waals surface area contributed by atoms with Gasteiger partial charge in [0, 0.05) is 24.3 Å². The molecule has 0 aliphatic carbocycles. The lowest BCUT2D eigenvalue weighted by Gasteiger charge is -2.06. The number of halogens is 1. The summed E-state index contributed by atoms with van der Waals surface area (Å²) in [7, 11) is 0. The van der Waals surface area contributed by atoms with E-state index in [1.165, 1.54) is 6.08 Å². The van der Waals surface area contributed by atoms with Crippen LogP contribution in [0.5, 0.6) is 0 Å². The van der Waals surface area contributed by atoms with E-state index in [-0.39, 0.29) is 12.5 Å². The Labute approximate surface area is 124 Å². The smallest absolute Gasteiger partial charge is 0.244 e. The lowest BCUT2D eigenvalue weighted by molar-refractivity contribution is -0.116. The third kappa shape index (κ3) is 6.19. The van der Waals surface area contributed by atoms with Gasteiger partial charge in [0.2, 0.25) is 5.91 Å². The third-order valence-corrected chi connectivity index (χ3v) is 2.98. The first-order valence-electron chi connectivity index (χ1n) is 6.54. The average Bonchev–Trinajstić information content (AvgIpc) is 2.43. The van der Waals surface area contributed by atoms with Crippen molar-refractivity contribution in [3.63, 3.8) is 0 Å². The van der Waals surface area contributed by atoms with Gasteiger partial charge in [-0.3, -0.25) is 4.79 Å². The van der Waals surface area contributed by atoms with E-state index >= 15 is 0 Å². The monoisotopic (exact) mass is 297 g/mol. The zero-order valence-corrected chi connectivity index (χ0v) is 12.3. The molecule has 0 aliphatic heterocycles. The molecule has 1 rings (SSSR count). The van der Waals surface area contributed by atoms with E-state index < -0.39 is 0 Å². The standard InChI is InChI=1S/C15H20ClNO3/c1-12(13-5-2-3-6-14(13)16)11-15(19)17-7-4-9-20-10-8-18/h2-3,5-6,11,18H,4,7-10H2,1H3,(H,17,19)/b12-11-. The number of carbonyl (C=O) groups excluding carboxylic acids is 1. The van der Waals surface area contributed by atoms with Gasteiger partial charge in [0.25, 0.3) is 0 Å². The van der Waals surface area contributed by atoms with Crippen molar-refractivity contribution in [2.24, 2.45) is 0 Å². The summed E-state index contributed by atoms with van der Waals surface area (Å²) in [5, 5.41) is 11.9. The van der Waals surface area contributed by atoms with Crippen molar-refractivity contribution in [3.05, 3.63) is 40.9 Å². The Kier molecular flexibility index (Phi) is 7.95. The summed E-state index contributed by atoms with van der Waals surface area (Å²) in [6.45, 7) is 3.27. The Hall–Kier alpha value is -1.36. The highest BCUT2D eigenvalue weighted by Crippen LogP contribution is 2.22. The molecule has 5 heteroatoms. The Balaban J connectivity index is 2.37. The fourth-order valence-electron chi connectivity index (χ4n) is 1.66. The number of amides is 1. The molecule has 0 saturated heterocycles. The highest BCUT2D eigenvalue weighted by Gasteiger charge is 2.03. The van der Waals surface area contributed by atoms with E-state index in [2.05, 4.69) is 5.32 Å². The molecule has 4 nitrogen and oxygen atoms in total. The van der Waals surface area contributed by atoms with E-state index in [1.807, 2.05) is 25.1 Å². The molecule has 0 unspecified atom stereocenters. The fraction of sp³-hybridized carbons (Fsp3) is 0.400. The zero-order chi connectivity index (χ0) is 14.8. The van der Waals surface area contributed by atoms with Gasteiger partial charge in [-0.1, -0.05) is 29.8 Å². The molecule has 1 aromatic rings. The molecule has 0 aliphatic rings. The van der Waals surface area contributed by atoms with Gasteiger partial charge in [-0.2, -0.15) is 0 Å². The van der Waals surface area contributed by atoms with Crippen LogP contribution >= 0.6 is 11.6 Å². The van der Waals surface area contributed by atoms with Crippen molar-refractivity contribution in [1.82, 2.24) is 5.32 Å². The van der Waals surface area contributed by atoms with Crippen LogP contribution in [-0.4, -0.2) is 37.4 Å². The zero-order valence-electron chi connectivity index (χ0n) is 11.6. The molecule has 20 heavy (non-hydrogen) atoms. The van der Waals surface area contributed by atoms with Gasteiger partial charge in [-0.15, -0.1) is 0 Å². The first kappa shape index (κ1) is 16.7. The van der Waals surface area contributed by atoms with E-state index in [9.17, 15) is 4.79 Å². The molecule has 0 saturated carbocycles. The first-order chi connectivity index (χ1) is 9.65. The Morgan fingerprint density at radius 3 is 2.85 bits per heavy atom. The minimum Gasteiger partial charge on any atom is -0.394 e. The summed E-state index contributed by atoms with van der Waals surface area (Å²) in [4.78, 5) is 11.7. The predicted molar refractivity (Wildman–Crippen MR) is 80.6 cm³/mol. The quantitative estimate of drug-likeness (QED) is 0.571. The Bertz CT molecular complexity index is 460. The predicted octanol–water partition coefficient (Wildman–Crippen LogP) is 2.26. The number of allylic oxidation sites excluding steroid dienone is 1. The van der Waals surface area contributed by atoms with Gasteiger partial charge < -0.3 is 15.2 Å². The second-order valence-corrected chi connectivity index (χ2v) is 4.69. The largest absolute Gasteiger partial charge is 0.394 e. The molecule has 0 fully saturated rings. The van der Waals surface area contributed by atoms with Crippen molar-refractivity contribution in [3.8, 4) is 0 Å². The van der Waals surface area contributed by atoms with Crippen molar-refractivity contribution in [1.29, 1.82) is 0 Å². The summed E-state index contributed by atoms with van der Waals surface area (Å²) in [5.41, 5.74) is 1.68. The fourth-order valence-corrected chi connectivity index (χ4v) is 1.94. The van der Waals surface area contributed by atoms with E-state index in [4.69, 9.17) is 21.4 Å². The number of ether oxygens (including phenoxy) is 1. The molecule has 1 amide bonds. The maximum Gasteiger partial charge on any atom is 0.244 e. The molecular weight excluding hydrogens is 278 g/mol. The third-order valence-electron chi connectivity index (χ3n) is 2.65. The van der Waals surface area contributed by atoms with Gasteiger partial charge >= 0.3 is 0 Å². The summed E-state index contributed by atoms with van der Waals surface area (Å²) in [6, 6.07) is 7.41. The average molecular weight is 298 g/mol. The Morgan fingerprint density at radius 2 is 2.15 bits per heavy atom. The maximum atomic E-state index is 11.7. The molecule has 110 valence electrons. The van der Waals surface area contributed by atoms with Crippen LogP contribution in [0.15, 0.2) is 30.3 Å². The van der Waals surface area contributed by atoms with Crippen LogP contribution in [-0.2, 0) is 9.53 Å². The van der Waals surface area contributed by atoms with E-state index in [1.54, 1.807) is 6.07 Å². The van der Waals surface area contributed by atoms with Crippen molar-refractivity contribution in [2.75, 3.05) is 26.4 Å². The van der Waals surface area contributed by atoms with Crippen LogP contribution in [0.1, 0.15) is 18.9 Å². The normalized spacial score (nSPS) is 11.4. The summed E-state index contributed by atoms with van der Waals surface area (Å²) in [6.07, 6.45) is 2.25. The minimum absolute atomic E-state index is 0.0200. The molecule has 0 heterocycles. The lowest BCUT2D eigenvalue weighted by atomic mass is 10.1. The van der Waals surface area contributed by atoms with Gasteiger partial charge in [0.05, 0.1) is 13.2 Å². The number of hydrogen-bond donors (Lipinski definition) is 2.